The largest absolute Gasteiger partial charge is 0.496 e. The van der Waals surface area contributed by atoms with E-state index in [0.717, 1.165) is 77.3 Å². The number of carboxylic acid groups (broad SMARTS) is 1. The number of ether oxygens (including phenoxy) is 2. The van der Waals surface area contributed by atoms with Gasteiger partial charge < -0.3 is 23.7 Å². The monoisotopic (exact) mass is 475 g/mol. The van der Waals surface area contributed by atoms with Crippen LogP contribution in [0.5, 0.6) is 5.75 Å². The summed E-state index contributed by atoms with van der Waals surface area (Å²) in [5, 5.41) is 13.6. The Morgan fingerprint density at radius 1 is 1.20 bits per heavy atom. The van der Waals surface area contributed by atoms with Crippen molar-refractivity contribution in [2.75, 3.05) is 20.3 Å². The van der Waals surface area contributed by atoms with Crippen molar-refractivity contribution in [1.29, 1.82) is 0 Å². The zero-order valence-electron chi connectivity index (χ0n) is 20.4. The van der Waals surface area contributed by atoms with Gasteiger partial charge in [0.05, 0.1) is 23.8 Å². The Morgan fingerprint density at radius 2 is 1.97 bits per heavy atom. The summed E-state index contributed by atoms with van der Waals surface area (Å²) >= 11 is 0. The number of nitrogens with zero attached hydrogens (tertiary/aromatic N) is 3. The lowest BCUT2D eigenvalue weighted by molar-refractivity contribution is 0.0161. The first-order valence-electron chi connectivity index (χ1n) is 11.7. The van der Waals surface area contributed by atoms with E-state index in [2.05, 4.69) is 28.9 Å². The van der Waals surface area contributed by atoms with Crippen LogP contribution < -0.4 is 4.74 Å². The van der Waals surface area contributed by atoms with E-state index in [1.807, 2.05) is 26.1 Å². The van der Waals surface area contributed by atoms with Crippen molar-refractivity contribution in [2.45, 2.75) is 40.2 Å². The average molecular weight is 476 g/mol. The standard InChI is InChI=1S/C27H29N3O5/c1-16-24(17(2)35-29-16)19-11-22-25(28-13-19)21(14-30(22)15-27(3)7-9-34-10-8-27)18-5-6-20(26(31)32)23(12-18)33-4/h5-6,11-14H,7-10,15H2,1-4H3,(H,31,32). The highest BCUT2D eigenvalue weighted by Crippen LogP contribution is 2.39. The summed E-state index contributed by atoms with van der Waals surface area (Å²) in [7, 11) is 1.48. The smallest absolute Gasteiger partial charge is 0.339 e. The average Bonchev–Trinajstić information content (AvgIpc) is 3.37. The van der Waals surface area contributed by atoms with Gasteiger partial charge in [0.1, 0.15) is 17.1 Å². The van der Waals surface area contributed by atoms with Crippen LogP contribution in [0.3, 0.4) is 0 Å². The summed E-state index contributed by atoms with van der Waals surface area (Å²) in [5.74, 6) is 0.0532. The van der Waals surface area contributed by atoms with Gasteiger partial charge >= 0.3 is 5.97 Å². The summed E-state index contributed by atoms with van der Waals surface area (Å²) in [5.41, 5.74) is 6.60. The second kappa shape index (κ2) is 8.85. The quantitative estimate of drug-likeness (QED) is 0.393. The van der Waals surface area contributed by atoms with Gasteiger partial charge in [-0.3, -0.25) is 4.98 Å². The molecule has 0 amide bonds. The van der Waals surface area contributed by atoms with Crippen LogP contribution in [0.4, 0.5) is 0 Å². The van der Waals surface area contributed by atoms with Crippen molar-refractivity contribution in [3.05, 3.63) is 53.7 Å². The summed E-state index contributed by atoms with van der Waals surface area (Å²) in [6.07, 6.45) is 5.94. The molecule has 0 aliphatic carbocycles. The minimum Gasteiger partial charge on any atom is -0.496 e. The fourth-order valence-electron chi connectivity index (χ4n) is 5.01. The van der Waals surface area contributed by atoms with E-state index in [4.69, 9.17) is 19.0 Å². The number of hydrogen-bond donors (Lipinski definition) is 1. The minimum absolute atomic E-state index is 0.103. The van der Waals surface area contributed by atoms with E-state index in [0.29, 0.717) is 5.75 Å². The van der Waals surface area contributed by atoms with E-state index in [1.54, 1.807) is 12.1 Å². The van der Waals surface area contributed by atoms with E-state index in [-0.39, 0.29) is 11.0 Å². The number of benzene rings is 1. The molecule has 0 radical (unpaired) electrons. The second-order valence-corrected chi connectivity index (χ2v) is 9.60. The fraction of sp³-hybridized carbons (Fsp3) is 0.370. The molecule has 1 aliphatic rings. The van der Waals surface area contributed by atoms with Crippen LogP contribution in [-0.4, -0.2) is 46.1 Å². The number of fused-ring (bicyclic) bond motifs is 1. The number of hydrogen-bond acceptors (Lipinski definition) is 6. The maximum Gasteiger partial charge on any atom is 0.339 e. The van der Waals surface area contributed by atoms with Gasteiger partial charge in [0.2, 0.25) is 0 Å². The molecule has 5 rings (SSSR count). The molecular formula is C27H29N3O5. The lowest BCUT2D eigenvalue weighted by Crippen LogP contribution is -2.30. The number of aryl methyl sites for hydroxylation is 2. The molecule has 1 fully saturated rings. The van der Waals surface area contributed by atoms with E-state index in [1.165, 1.54) is 7.11 Å². The SMILES string of the molecule is COc1cc(-c2cn(CC3(C)CCOCC3)c3cc(-c4c(C)noc4C)cnc23)ccc1C(=O)O. The molecule has 1 aromatic carbocycles. The molecule has 1 saturated heterocycles. The molecule has 0 bridgehead atoms. The molecule has 8 nitrogen and oxygen atoms in total. The molecule has 0 spiro atoms. The topological polar surface area (TPSA) is 99.6 Å². The normalized spacial score (nSPS) is 15.4. The molecule has 35 heavy (non-hydrogen) atoms. The van der Waals surface area contributed by atoms with Gasteiger partial charge in [-0.1, -0.05) is 18.1 Å². The highest BCUT2D eigenvalue weighted by atomic mass is 16.5. The molecule has 8 heteroatoms. The number of pyridine rings is 1. The van der Waals surface area contributed by atoms with Gasteiger partial charge in [-0.15, -0.1) is 0 Å². The number of rotatable bonds is 6. The maximum absolute atomic E-state index is 11.6. The Bertz CT molecular complexity index is 1390. The molecule has 1 N–H and O–H groups in total. The number of methoxy groups -OCH3 is 1. The van der Waals surface area contributed by atoms with Gasteiger partial charge in [0.15, 0.2) is 0 Å². The Labute approximate surface area is 203 Å². The summed E-state index contributed by atoms with van der Waals surface area (Å²) < 4.78 is 18.7. The fourth-order valence-corrected chi connectivity index (χ4v) is 5.01. The molecule has 4 heterocycles. The summed E-state index contributed by atoms with van der Waals surface area (Å²) in [6.45, 7) is 8.49. The Balaban J connectivity index is 1.68. The van der Waals surface area contributed by atoms with Crippen molar-refractivity contribution in [1.82, 2.24) is 14.7 Å². The van der Waals surface area contributed by atoms with Crippen molar-refractivity contribution in [3.63, 3.8) is 0 Å². The predicted octanol–water partition coefficient (Wildman–Crippen LogP) is 5.50. The van der Waals surface area contributed by atoms with Crippen LogP contribution in [0.25, 0.3) is 33.3 Å². The van der Waals surface area contributed by atoms with Crippen LogP contribution in [-0.2, 0) is 11.3 Å². The van der Waals surface area contributed by atoms with E-state index < -0.39 is 5.97 Å². The maximum atomic E-state index is 11.6. The van der Waals surface area contributed by atoms with Crippen molar-refractivity contribution < 1.29 is 23.9 Å². The highest BCUT2D eigenvalue weighted by Gasteiger charge is 2.29. The zero-order valence-corrected chi connectivity index (χ0v) is 20.4. The van der Waals surface area contributed by atoms with Crippen molar-refractivity contribution in [2.24, 2.45) is 5.41 Å². The Kier molecular flexibility index (Phi) is 5.84. The van der Waals surface area contributed by atoms with Crippen molar-refractivity contribution >= 4 is 17.0 Å². The van der Waals surface area contributed by atoms with Gasteiger partial charge in [0, 0.05) is 48.8 Å². The second-order valence-electron chi connectivity index (χ2n) is 9.60. The number of aromatic nitrogens is 3. The lowest BCUT2D eigenvalue weighted by Gasteiger charge is -2.34. The molecule has 0 saturated carbocycles. The van der Waals surface area contributed by atoms with E-state index in [9.17, 15) is 9.90 Å². The summed E-state index contributed by atoms with van der Waals surface area (Å²) in [6, 6.07) is 7.30. The first-order valence-corrected chi connectivity index (χ1v) is 11.7. The van der Waals surface area contributed by atoms with Crippen LogP contribution in [0.15, 0.2) is 41.2 Å². The van der Waals surface area contributed by atoms with Crippen LogP contribution in [0.1, 0.15) is 41.6 Å². The number of carboxylic acids is 1. The van der Waals surface area contributed by atoms with Gasteiger partial charge in [-0.05, 0) is 55.9 Å². The highest BCUT2D eigenvalue weighted by molar-refractivity contribution is 5.97. The summed E-state index contributed by atoms with van der Waals surface area (Å²) in [4.78, 5) is 16.5. The molecular weight excluding hydrogens is 446 g/mol. The molecule has 0 unspecified atom stereocenters. The number of aromatic carboxylic acids is 1. The molecule has 0 atom stereocenters. The molecule has 3 aromatic heterocycles. The molecule has 182 valence electrons. The predicted molar refractivity (Wildman–Crippen MR) is 132 cm³/mol. The van der Waals surface area contributed by atoms with E-state index >= 15 is 0 Å². The number of carbonyl (C=O) groups is 1. The minimum atomic E-state index is -1.02. The third-order valence-electron chi connectivity index (χ3n) is 7.03. The first-order chi connectivity index (χ1) is 16.8. The zero-order chi connectivity index (χ0) is 24.7. The van der Waals surface area contributed by atoms with Gasteiger partial charge in [-0.25, -0.2) is 4.79 Å². The molecule has 4 aromatic rings. The first kappa shape index (κ1) is 23.1. The van der Waals surface area contributed by atoms with Crippen molar-refractivity contribution in [3.8, 4) is 28.0 Å². The van der Waals surface area contributed by atoms with Gasteiger partial charge in [0.25, 0.3) is 0 Å². The molecule has 1 aliphatic heterocycles. The van der Waals surface area contributed by atoms with Crippen LogP contribution in [0.2, 0.25) is 0 Å². The van der Waals surface area contributed by atoms with Crippen LogP contribution >= 0.6 is 0 Å². The lowest BCUT2D eigenvalue weighted by atomic mass is 9.82. The third kappa shape index (κ3) is 4.18. The van der Waals surface area contributed by atoms with Crippen LogP contribution in [0, 0.1) is 19.3 Å². The third-order valence-corrected chi connectivity index (χ3v) is 7.03. The Hall–Kier alpha value is -3.65. The Morgan fingerprint density at radius 3 is 2.63 bits per heavy atom. The van der Waals surface area contributed by atoms with Gasteiger partial charge in [-0.2, -0.15) is 0 Å².